The third kappa shape index (κ3) is 7.86. The van der Waals surface area contributed by atoms with Crippen molar-refractivity contribution in [3.05, 3.63) is 52.5 Å². The van der Waals surface area contributed by atoms with Gasteiger partial charge in [0, 0.05) is 23.1 Å². The second kappa shape index (κ2) is 13.3. The fourth-order valence-electron chi connectivity index (χ4n) is 4.58. The number of methoxy groups -OCH3 is 2. The third-order valence-corrected chi connectivity index (χ3v) is 8.33. The molecule has 0 saturated heterocycles. The summed E-state index contributed by atoms with van der Waals surface area (Å²) in [6.07, 6.45) is 6.16. The van der Waals surface area contributed by atoms with E-state index in [0.717, 1.165) is 52.7 Å². The minimum atomic E-state index is -3.86. The summed E-state index contributed by atoms with van der Waals surface area (Å²) in [4.78, 5) is 28.4. The van der Waals surface area contributed by atoms with Crippen molar-refractivity contribution < 1.29 is 27.5 Å². The molecule has 1 atom stereocenters. The van der Waals surface area contributed by atoms with Gasteiger partial charge in [0.1, 0.15) is 12.6 Å². The highest BCUT2D eigenvalue weighted by Crippen LogP contribution is 2.32. The van der Waals surface area contributed by atoms with Crippen LogP contribution in [0.2, 0.25) is 0 Å². The van der Waals surface area contributed by atoms with Gasteiger partial charge in [-0.25, -0.2) is 8.42 Å². The third-order valence-electron chi connectivity index (χ3n) is 6.70. The number of benzene rings is 2. The molecule has 1 aliphatic rings. The topological polar surface area (TPSA) is 105 Å². The summed E-state index contributed by atoms with van der Waals surface area (Å²) in [7, 11) is -0.928. The van der Waals surface area contributed by atoms with Crippen LogP contribution in [-0.4, -0.2) is 64.2 Å². The molecule has 3 rings (SSSR count). The summed E-state index contributed by atoms with van der Waals surface area (Å²) in [6.45, 7) is 1.33. The average molecular weight is 611 g/mol. The molecule has 0 aromatic heterocycles. The highest BCUT2D eigenvalue weighted by Gasteiger charge is 2.31. The number of carbonyl (C=O) groups excluding carboxylic acids is 2. The summed E-state index contributed by atoms with van der Waals surface area (Å²) >= 11 is 3.45. The molecule has 1 aliphatic carbocycles. The Morgan fingerprint density at radius 2 is 1.74 bits per heavy atom. The molecule has 1 saturated carbocycles. The van der Waals surface area contributed by atoms with Crippen molar-refractivity contribution in [2.45, 2.75) is 57.7 Å². The zero-order chi connectivity index (χ0) is 27.9. The van der Waals surface area contributed by atoms with Gasteiger partial charge in [-0.15, -0.1) is 0 Å². The smallest absolute Gasteiger partial charge is 0.244 e. The van der Waals surface area contributed by atoms with E-state index in [1.807, 2.05) is 24.3 Å². The van der Waals surface area contributed by atoms with E-state index in [1.54, 1.807) is 19.1 Å². The number of sulfonamides is 1. The Labute approximate surface area is 233 Å². The fraction of sp³-hybridized carbons (Fsp3) is 0.481. The number of hydrogen-bond donors (Lipinski definition) is 1. The van der Waals surface area contributed by atoms with Gasteiger partial charge in [-0.1, -0.05) is 47.3 Å². The molecule has 0 heterocycles. The monoisotopic (exact) mass is 609 g/mol. The Bertz CT molecular complexity index is 1230. The molecule has 0 aliphatic heterocycles. The number of nitrogens with zero attached hydrogens (tertiary/aromatic N) is 2. The molecule has 208 valence electrons. The first-order valence-corrected chi connectivity index (χ1v) is 15.2. The maximum absolute atomic E-state index is 13.8. The van der Waals surface area contributed by atoms with Crippen LogP contribution in [0.25, 0.3) is 0 Å². The maximum atomic E-state index is 13.8. The number of halogens is 1. The van der Waals surface area contributed by atoms with Crippen molar-refractivity contribution in [1.29, 1.82) is 0 Å². The van der Waals surface area contributed by atoms with E-state index < -0.39 is 28.5 Å². The van der Waals surface area contributed by atoms with E-state index in [4.69, 9.17) is 9.47 Å². The normalized spacial score (nSPS) is 14.9. The number of rotatable bonds is 11. The number of carbonyl (C=O) groups is 2. The Hall–Kier alpha value is -2.79. The molecule has 2 aromatic carbocycles. The van der Waals surface area contributed by atoms with E-state index in [-0.39, 0.29) is 24.2 Å². The first-order valence-electron chi connectivity index (χ1n) is 12.6. The molecule has 2 amide bonds. The molecule has 9 nitrogen and oxygen atoms in total. The Morgan fingerprint density at radius 3 is 2.34 bits per heavy atom. The van der Waals surface area contributed by atoms with Gasteiger partial charge in [0.25, 0.3) is 0 Å². The molecule has 1 N–H and O–H groups in total. The quantitative estimate of drug-likeness (QED) is 0.411. The Kier molecular flexibility index (Phi) is 10.4. The fourth-order valence-corrected chi connectivity index (χ4v) is 5.87. The number of anilines is 1. The second-order valence-corrected chi connectivity index (χ2v) is 12.3. The van der Waals surface area contributed by atoms with Crippen LogP contribution >= 0.6 is 15.9 Å². The SMILES string of the molecule is COc1ccc(N(CC(=O)N(Cc2cccc(Br)c2)[C@H](C)C(=O)NC2CCCCC2)S(C)(=O)=O)cc1OC. The molecule has 11 heteroatoms. The highest BCUT2D eigenvalue weighted by molar-refractivity contribution is 9.10. The van der Waals surface area contributed by atoms with Crippen molar-refractivity contribution in [3.63, 3.8) is 0 Å². The van der Waals surface area contributed by atoms with Crippen molar-refractivity contribution >= 4 is 43.5 Å². The summed E-state index contributed by atoms with van der Waals surface area (Å²) in [5.74, 6) is 0.00591. The van der Waals surface area contributed by atoms with Crippen LogP contribution in [0.3, 0.4) is 0 Å². The lowest BCUT2D eigenvalue weighted by atomic mass is 9.95. The van der Waals surface area contributed by atoms with Crippen molar-refractivity contribution in [2.75, 3.05) is 31.3 Å². The summed E-state index contributed by atoms with van der Waals surface area (Å²) in [5.41, 5.74) is 1.06. The largest absolute Gasteiger partial charge is 0.493 e. The van der Waals surface area contributed by atoms with Crippen LogP contribution in [0, 0.1) is 0 Å². The van der Waals surface area contributed by atoms with Crippen LogP contribution in [-0.2, 0) is 26.2 Å². The maximum Gasteiger partial charge on any atom is 0.244 e. The predicted molar refractivity (Wildman–Crippen MR) is 151 cm³/mol. The number of ether oxygens (including phenoxy) is 2. The lowest BCUT2D eigenvalue weighted by Crippen LogP contribution is -2.52. The van der Waals surface area contributed by atoms with E-state index in [9.17, 15) is 18.0 Å². The van der Waals surface area contributed by atoms with Gasteiger partial charge in [0.05, 0.1) is 26.2 Å². The van der Waals surface area contributed by atoms with Gasteiger partial charge in [0.15, 0.2) is 11.5 Å². The zero-order valence-electron chi connectivity index (χ0n) is 22.3. The van der Waals surface area contributed by atoms with E-state index in [0.29, 0.717) is 11.5 Å². The summed E-state index contributed by atoms with van der Waals surface area (Å²) in [5, 5.41) is 3.09. The van der Waals surface area contributed by atoms with E-state index in [2.05, 4.69) is 21.2 Å². The lowest BCUT2D eigenvalue weighted by molar-refractivity contribution is -0.139. The second-order valence-electron chi connectivity index (χ2n) is 9.48. The summed E-state index contributed by atoms with van der Waals surface area (Å²) in [6, 6.07) is 11.4. The lowest BCUT2D eigenvalue weighted by Gasteiger charge is -2.33. The molecule has 0 unspecified atom stereocenters. The van der Waals surface area contributed by atoms with Gasteiger partial charge in [-0.3, -0.25) is 13.9 Å². The van der Waals surface area contributed by atoms with Gasteiger partial charge < -0.3 is 19.7 Å². The number of hydrogen-bond acceptors (Lipinski definition) is 6. The Morgan fingerprint density at radius 1 is 1.05 bits per heavy atom. The van der Waals surface area contributed by atoms with Gasteiger partial charge in [-0.05, 0) is 49.6 Å². The standard InChI is InChI=1S/C27H36BrN3O6S/c1-19(27(33)29-22-11-6-5-7-12-22)30(17-20-9-8-10-21(28)15-20)26(32)18-31(38(4,34)35)23-13-14-24(36-2)25(16-23)37-3/h8-10,13-16,19,22H,5-7,11-12,17-18H2,1-4H3,(H,29,33)/t19-/m1/s1. The van der Waals surface area contributed by atoms with E-state index in [1.165, 1.54) is 25.2 Å². The van der Waals surface area contributed by atoms with Crippen LogP contribution in [0.15, 0.2) is 46.9 Å². The molecule has 0 radical (unpaired) electrons. The van der Waals surface area contributed by atoms with Crippen LogP contribution in [0.5, 0.6) is 11.5 Å². The molecule has 38 heavy (non-hydrogen) atoms. The Balaban J connectivity index is 1.90. The van der Waals surface area contributed by atoms with Crippen molar-refractivity contribution in [1.82, 2.24) is 10.2 Å². The number of nitrogens with one attached hydrogen (secondary N) is 1. The first-order chi connectivity index (χ1) is 18.0. The number of amides is 2. The van der Waals surface area contributed by atoms with Crippen molar-refractivity contribution in [2.24, 2.45) is 0 Å². The predicted octanol–water partition coefficient (Wildman–Crippen LogP) is 4.10. The molecule has 0 spiro atoms. The minimum Gasteiger partial charge on any atom is -0.493 e. The minimum absolute atomic E-state index is 0.0841. The van der Waals surface area contributed by atoms with Crippen LogP contribution in [0.4, 0.5) is 5.69 Å². The first kappa shape index (κ1) is 29.8. The molecule has 1 fully saturated rings. The molecule has 2 aromatic rings. The molecule has 0 bridgehead atoms. The van der Waals surface area contributed by atoms with Crippen molar-refractivity contribution in [3.8, 4) is 11.5 Å². The zero-order valence-corrected chi connectivity index (χ0v) is 24.7. The summed E-state index contributed by atoms with van der Waals surface area (Å²) < 4.78 is 38.1. The average Bonchev–Trinajstić information content (AvgIpc) is 2.89. The molecular weight excluding hydrogens is 574 g/mol. The van der Waals surface area contributed by atoms with Crippen LogP contribution < -0.4 is 19.1 Å². The highest BCUT2D eigenvalue weighted by atomic mass is 79.9. The van der Waals surface area contributed by atoms with Gasteiger partial charge in [0.2, 0.25) is 21.8 Å². The van der Waals surface area contributed by atoms with Gasteiger partial charge in [-0.2, -0.15) is 0 Å². The van der Waals surface area contributed by atoms with Crippen LogP contribution in [0.1, 0.15) is 44.6 Å². The molecular formula is C27H36BrN3O6S. The van der Waals surface area contributed by atoms with Gasteiger partial charge >= 0.3 is 0 Å². The van der Waals surface area contributed by atoms with E-state index >= 15 is 0 Å².